The van der Waals surface area contributed by atoms with Gasteiger partial charge in [0.1, 0.15) is 0 Å². The average molecular weight is 295 g/mol. The Morgan fingerprint density at radius 3 is 2.75 bits per heavy atom. The largest absolute Gasteiger partial charge is 0.315 e. The molecule has 2 fully saturated rings. The van der Waals surface area contributed by atoms with E-state index in [1.54, 1.807) is 8.61 Å². The SMILES string of the molecule is Cc1ccccc1N1CCCN(C2CCNC2)S1(=O)=O. The summed E-state index contributed by atoms with van der Waals surface area (Å²) in [6.45, 7) is 4.84. The van der Waals surface area contributed by atoms with Crippen molar-refractivity contribution in [2.75, 3.05) is 30.5 Å². The van der Waals surface area contributed by atoms with Gasteiger partial charge in [-0.2, -0.15) is 12.7 Å². The van der Waals surface area contributed by atoms with Crippen LogP contribution in [0.5, 0.6) is 0 Å². The second kappa shape index (κ2) is 5.35. The van der Waals surface area contributed by atoms with Crippen LogP contribution in [0.25, 0.3) is 0 Å². The number of para-hydroxylation sites is 1. The van der Waals surface area contributed by atoms with E-state index in [1.807, 2.05) is 31.2 Å². The first kappa shape index (κ1) is 13.9. The van der Waals surface area contributed by atoms with Gasteiger partial charge in [0.2, 0.25) is 0 Å². The highest BCUT2D eigenvalue weighted by Gasteiger charge is 2.39. The van der Waals surface area contributed by atoms with E-state index in [9.17, 15) is 8.42 Å². The van der Waals surface area contributed by atoms with Crippen molar-refractivity contribution >= 4 is 15.9 Å². The minimum Gasteiger partial charge on any atom is -0.315 e. The second-order valence-corrected chi connectivity index (χ2v) is 7.28. The predicted octanol–water partition coefficient (Wildman–Crippen LogP) is 1.11. The van der Waals surface area contributed by atoms with Crippen molar-refractivity contribution in [3.8, 4) is 0 Å². The number of rotatable bonds is 2. The standard InChI is InChI=1S/C14H21N3O2S/c1-12-5-2-3-6-14(12)17-10-4-9-16(20(17,18)19)13-7-8-15-11-13/h2-3,5-6,13,15H,4,7-11H2,1H3. The number of hydrogen-bond donors (Lipinski definition) is 1. The number of anilines is 1. The van der Waals surface area contributed by atoms with Crippen molar-refractivity contribution in [2.45, 2.75) is 25.8 Å². The zero-order valence-electron chi connectivity index (χ0n) is 11.7. The highest BCUT2D eigenvalue weighted by molar-refractivity contribution is 7.90. The fraction of sp³-hybridized carbons (Fsp3) is 0.571. The maximum Gasteiger partial charge on any atom is 0.304 e. The molecule has 0 radical (unpaired) electrons. The first-order chi connectivity index (χ1) is 9.60. The lowest BCUT2D eigenvalue weighted by Crippen LogP contribution is -2.54. The Labute approximate surface area is 120 Å². The minimum absolute atomic E-state index is 0.104. The third kappa shape index (κ3) is 2.32. The van der Waals surface area contributed by atoms with Crippen molar-refractivity contribution < 1.29 is 8.42 Å². The fourth-order valence-electron chi connectivity index (χ4n) is 3.07. The van der Waals surface area contributed by atoms with Gasteiger partial charge in [0, 0.05) is 25.7 Å². The van der Waals surface area contributed by atoms with Crippen LogP contribution in [0.15, 0.2) is 24.3 Å². The van der Waals surface area contributed by atoms with Crippen molar-refractivity contribution in [2.24, 2.45) is 0 Å². The Kier molecular flexibility index (Phi) is 3.70. The Bertz CT molecular complexity index is 582. The third-order valence-electron chi connectivity index (χ3n) is 4.14. The molecule has 0 amide bonds. The molecule has 2 aliphatic heterocycles. The summed E-state index contributed by atoms with van der Waals surface area (Å²) >= 11 is 0. The van der Waals surface area contributed by atoms with Gasteiger partial charge in [-0.25, -0.2) is 0 Å². The summed E-state index contributed by atoms with van der Waals surface area (Å²) in [4.78, 5) is 0. The molecule has 5 nitrogen and oxygen atoms in total. The molecule has 1 aromatic carbocycles. The maximum atomic E-state index is 12.9. The Morgan fingerprint density at radius 2 is 2.05 bits per heavy atom. The predicted molar refractivity (Wildman–Crippen MR) is 80.0 cm³/mol. The zero-order chi connectivity index (χ0) is 14.2. The van der Waals surface area contributed by atoms with E-state index in [-0.39, 0.29) is 6.04 Å². The molecule has 1 N–H and O–H groups in total. The number of hydrogen-bond acceptors (Lipinski definition) is 3. The Morgan fingerprint density at radius 1 is 1.25 bits per heavy atom. The van der Waals surface area contributed by atoms with Crippen molar-refractivity contribution in [3.05, 3.63) is 29.8 Å². The van der Waals surface area contributed by atoms with E-state index in [0.717, 1.165) is 37.2 Å². The summed E-state index contributed by atoms with van der Waals surface area (Å²) in [7, 11) is -3.40. The first-order valence-electron chi connectivity index (χ1n) is 7.16. The summed E-state index contributed by atoms with van der Waals surface area (Å²) < 4.78 is 29.0. The van der Waals surface area contributed by atoms with Gasteiger partial charge in [0.25, 0.3) is 0 Å². The molecule has 1 atom stereocenters. The topological polar surface area (TPSA) is 52.6 Å². The van der Waals surface area contributed by atoms with Crippen LogP contribution in [0, 0.1) is 6.92 Å². The van der Waals surface area contributed by atoms with E-state index in [2.05, 4.69) is 5.32 Å². The first-order valence-corrected chi connectivity index (χ1v) is 8.56. The lowest BCUT2D eigenvalue weighted by atomic mass is 10.2. The van der Waals surface area contributed by atoms with Crippen LogP contribution in [0.4, 0.5) is 5.69 Å². The molecule has 2 aliphatic rings. The van der Waals surface area contributed by atoms with Crippen LogP contribution < -0.4 is 9.62 Å². The van der Waals surface area contributed by atoms with E-state index in [4.69, 9.17) is 0 Å². The Hall–Kier alpha value is -1.11. The second-order valence-electron chi connectivity index (χ2n) is 5.48. The van der Waals surface area contributed by atoms with Crippen LogP contribution >= 0.6 is 0 Å². The van der Waals surface area contributed by atoms with Crippen LogP contribution in [0.3, 0.4) is 0 Å². The Balaban J connectivity index is 1.94. The smallest absolute Gasteiger partial charge is 0.304 e. The normalized spacial score (nSPS) is 26.9. The summed E-state index contributed by atoms with van der Waals surface area (Å²) in [5, 5.41) is 3.25. The van der Waals surface area contributed by atoms with Crippen molar-refractivity contribution in [1.29, 1.82) is 0 Å². The lowest BCUT2D eigenvalue weighted by molar-refractivity contribution is 0.317. The average Bonchev–Trinajstić information content (AvgIpc) is 2.93. The van der Waals surface area contributed by atoms with Gasteiger partial charge in [-0.15, -0.1) is 0 Å². The van der Waals surface area contributed by atoms with Crippen LogP contribution in [-0.2, 0) is 10.2 Å². The number of nitrogens with zero attached hydrogens (tertiary/aromatic N) is 2. The molecule has 2 heterocycles. The molecular weight excluding hydrogens is 274 g/mol. The maximum absolute atomic E-state index is 12.9. The molecule has 1 unspecified atom stereocenters. The van der Waals surface area contributed by atoms with E-state index in [0.29, 0.717) is 13.1 Å². The number of nitrogens with one attached hydrogen (secondary N) is 1. The molecule has 0 saturated carbocycles. The molecule has 0 bridgehead atoms. The quantitative estimate of drug-likeness (QED) is 0.889. The molecule has 20 heavy (non-hydrogen) atoms. The van der Waals surface area contributed by atoms with Gasteiger partial charge in [0.05, 0.1) is 5.69 Å². The fourth-order valence-corrected chi connectivity index (χ4v) is 5.05. The molecule has 0 spiro atoms. The zero-order valence-corrected chi connectivity index (χ0v) is 12.6. The summed E-state index contributed by atoms with van der Waals surface area (Å²) in [5.74, 6) is 0. The molecule has 3 rings (SSSR count). The van der Waals surface area contributed by atoms with Crippen LogP contribution in [0.2, 0.25) is 0 Å². The molecular formula is C14H21N3O2S. The molecule has 110 valence electrons. The molecule has 6 heteroatoms. The van der Waals surface area contributed by atoms with Gasteiger partial charge in [0.15, 0.2) is 0 Å². The minimum atomic E-state index is -3.40. The van der Waals surface area contributed by atoms with Gasteiger partial charge in [-0.05, 0) is 37.9 Å². The van der Waals surface area contributed by atoms with Gasteiger partial charge in [-0.3, -0.25) is 4.31 Å². The van der Waals surface area contributed by atoms with Crippen LogP contribution in [-0.4, -0.2) is 44.9 Å². The van der Waals surface area contributed by atoms with E-state index >= 15 is 0 Å². The summed E-state index contributed by atoms with van der Waals surface area (Å²) in [6, 6.07) is 7.79. The monoisotopic (exact) mass is 295 g/mol. The van der Waals surface area contributed by atoms with Crippen molar-refractivity contribution in [1.82, 2.24) is 9.62 Å². The highest BCUT2D eigenvalue weighted by atomic mass is 32.2. The van der Waals surface area contributed by atoms with Gasteiger partial charge in [-0.1, -0.05) is 18.2 Å². The summed E-state index contributed by atoms with van der Waals surface area (Å²) in [6.07, 6.45) is 1.78. The molecule has 2 saturated heterocycles. The highest BCUT2D eigenvalue weighted by Crippen LogP contribution is 2.29. The lowest BCUT2D eigenvalue weighted by Gasteiger charge is -2.39. The van der Waals surface area contributed by atoms with Gasteiger partial charge < -0.3 is 5.32 Å². The van der Waals surface area contributed by atoms with Crippen LogP contribution in [0.1, 0.15) is 18.4 Å². The molecule has 1 aromatic rings. The third-order valence-corrected chi connectivity index (χ3v) is 6.15. The summed E-state index contributed by atoms with van der Waals surface area (Å²) in [5.41, 5.74) is 1.81. The van der Waals surface area contributed by atoms with Gasteiger partial charge >= 0.3 is 10.2 Å². The van der Waals surface area contributed by atoms with E-state index < -0.39 is 10.2 Å². The van der Waals surface area contributed by atoms with Crippen molar-refractivity contribution in [3.63, 3.8) is 0 Å². The number of benzene rings is 1. The molecule has 0 aliphatic carbocycles. The number of aryl methyl sites for hydroxylation is 1. The molecule has 0 aromatic heterocycles. The van der Waals surface area contributed by atoms with E-state index in [1.165, 1.54) is 0 Å².